The number of aliphatic hydroxyl groups excluding tert-OH is 1. The van der Waals surface area contributed by atoms with Crippen molar-refractivity contribution in [2.24, 2.45) is 15.6 Å². The molecule has 1 aromatic carbocycles. The van der Waals surface area contributed by atoms with Crippen molar-refractivity contribution in [2.75, 3.05) is 18.5 Å². The lowest BCUT2D eigenvalue weighted by Crippen LogP contribution is -2.45. The lowest BCUT2D eigenvalue weighted by molar-refractivity contribution is -0.128. The van der Waals surface area contributed by atoms with Crippen LogP contribution in [0.3, 0.4) is 0 Å². The van der Waals surface area contributed by atoms with Crippen molar-refractivity contribution >= 4 is 41.9 Å². The van der Waals surface area contributed by atoms with E-state index in [9.17, 15) is 14.5 Å². The number of amides is 1. The second-order valence-electron chi connectivity index (χ2n) is 10.5. The summed E-state index contributed by atoms with van der Waals surface area (Å²) in [5.41, 5.74) is 0.137. The molecule has 9 heteroatoms. The highest BCUT2D eigenvalue weighted by molar-refractivity contribution is 7.66. The first kappa shape index (κ1) is 24.8. The molecule has 0 aromatic heterocycles. The number of benzene rings is 1. The highest BCUT2D eigenvalue weighted by Crippen LogP contribution is 2.53. The molecule has 2 aliphatic heterocycles. The molecular formula is C23H33ClN3O4P. The molecule has 0 saturated heterocycles. The minimum absolute atomic E-state index is 0.0184. The number of halogens is 1. The Morgan fingerprint density at radius 2 is 1.91 bits per heavy atom. The van der Waals surface area contributed by atoms with Gasteiger partial charge in [-0.1, -0.05) is 53.1 Å². The van der Waals surface area contributed by atoms with Gasteiger partial charge in [-0.25, -0.2) is 0 Å². The molecule has 7 nitrogen and oxygen atoms in total. The zero-order valence-electron chi connectivity index (χ0n) is 19.8. The summed E-state index contributed by atoms with van der Waals surface area (Å²) in [5.74, 6) is -0.340. The van der Waals surface area contributed by atoms with Crippen LogP contribution in [0, 0.1) is 10.8 Å². The first-order chi connectivity index (χ1) is 14.7. The van der Waals surface area contributed by atoms with Gasteiger partial charge in [0.1, 0.15) is 11.3 Å². The first-order valence-electron chi connectivity index (χ1n) is 10.8. The van der Waals surface area contributed by atoms with Crippen molar-refractivity contribution in [3.8, 4) is 0 Å². The van der Waals surface area contributed by atoms with Crippen LogP contribution in [0.2, 0.25) is 5.02 Å². The zero-order valence-corrected chi connectivity index (χ0v) is 21.5. The monoisotopic (exact) mass is 481 g/mol. The summed E-state index contributed by atoms with van der Waals surface area (Å²) >= 11 is 6.11. The lowest BCUT2D eigenvalue weighted by atomic mass is 9.84. The fourth-order valence-corrected chi connectivity index (χ4v) is 6.06. The van der Waals surface area contributed by atoms with Gasteiger partial charge in [0, 0.05) is 11.6 Å². The zero-order chi connectivity index (χ0) is 24.1. The van der Waals surface area contributed by atoms with Gasteiger partial charge < -0.3 is 19.8 Å². The molecule has 2 heterocycles. The molecule has 0 radical (unpaired) electrons. The second-order valence-corrected chi connectivity index (χ2v) is 12.9. The first-order valence-corrected chi connectivity index (χ1v) is 12.8. The molecule has 3 rings (SSSR count). The summed E-state index contributed by atoms with van der Waals surface area (Å²) in [5, 5.41) is 15.1. The number of carbonyl (C=O) groups is 1. The van der Waals surface area contributed by atoms with Crippen LogP contribution in [-0.4, -0.2) is 40.9 Å². The van der Waals surface area contributed by atoms with E-state index in [1.807, 2.05) is 20.8 Å². The van der Waals surface area contributed by atoms with Crippen molar-refractivity contribution in [3.05, 3.63) is 34.6 Å². The SMILES string of the molecule is CCOP1(=O)N=C(C2=C(O)[C@H](C(C)(C)C)N(CCC(C)(C)C)C2=O)Nc2ccc(Cl)cc21. The fourth-order valence-electron chi connectivity index (χ4n) is 4.01. The Kier molecular flexibility index (Phi) is 6.60. The molecule has 0 aliphatic carbocycles. The normalized spacial score (nSPS) is 23.9. The van der Waals surface area contributed by atoms with Gasteiger partial charge in [0.05, 0.1) is 23.6 Å². The van der Waals surface area contributed by atoms with Gasteiger partial charge in [0.25, 0.3) is 5.91 Å². The van der Waals surface area contributed by atoms with Gasteiger partial charge in [-0.15, -0.1) is 0 Å². The number of carbonyl (C=O) groups excluding carboxylic acids is 1. The highest BCUT2D eigenvalue weighted by atomic mass is 35.5. The fraction of sp³-hybridized carbons (Fsp3) is 0.565. The third kappa shape index (κ3) is 4.75. The Balaban J connectivity index is 2.10. The Morgan fingerprint density at radius 1 is 1.25 bits per heavy atom. The predicted molar refractivity (Wildman–Crippen MR) is 130 cm³/mol. The number of anilines is 1. The Bertz CT molecular complexity index is 1040. The van der Waals surface area contributed by atoms with Crippen molar-refractivity contribution in [3.63, 3.8) is 0 Å². The second kappa shape index (κ2) is 8.51. The minimum atomic E-state index is -3.69. The van der Waals surface area contributed by atoms with Crippen LogP contribution < -0.4 is 10.6 Å². The molecule has 0 bridgehead atoms. The summed E-state index contributed by atoms with van der Waals surface area (Å²) in [6.45, 7) is 14.7. The van der Waals surface area contributed by atoms with E-state index in [1.54, 1.807) is 30.0 Å². The number of nitrogens with zero attached hydrogens (tertiary/aromatic N) is 2. The smallest absolute Gasteiger partial charge is 0.348 e. The van der Waals surface area contributed by atoms with E-state index >= 15 is 0 Å². The number of rotatable bonds is 5. The molecule has 2 atom stereocenters. The third-order valence-electron chi connectivity index (χ3n) is 5.51. The highest BCUT2D eigenvalue weighted by Gasteiger charge is 2.48. The number of fused-ring (bicyclic) bond motifs is 1. The average Bonchev–Trinajstić information content (AvgIpc) is 2.90. The van der Waals surface area contributed by atoms with Gasteiger partial charge >= 0.3 is 7.52 Å². The maximum atomic E-state index is 13.7. The number of amidine groups is 1. The topological polar surface area (TPSA) is 91.2 Å². The summed E-state index contributed by atoms with van der Waals surface area (Å²) in [4.78, 5) is 15.3. The van der Waals surface area contributed by atoms with E-state index < -0.39 is 19.0 Å². The average molecular weight is 482 g/mol. The van der Waals surface area contributed by atoms with E-state index in [1.165, 1.54) is 0 Å². The Hall–Kier alpha value is -1.82. The lowest BCUT2D eigenvalue weighted by Gasteiger charge is -2.36. The van der Waals surface area contributed by atoms with Crippen molar-refractivity contribution in [1.82, 2.24) is 4.90 Å². The third-order valence-corrected chi connectivity index (χ3v) is 7.80. The van der Waals surface area contributed by atoms with Crippen LogP contribution in [0.15, 0.2) is 34.3 Å². The molecule has 0 saturated carbocycles. The van der Waals surface area contributed by atoms with E-state index in [0.717, 1.165) is 6.42 Å². The van der Waals surface area contributed by atoms with Crippen LogP contribution in [-0.2, 0) is 13.9 Å². The summed E-state index contributed by atoms with van der Waals surface area (Å²) in [7, 11) is -3.69. The van der Waals surface area contributed by atoms with Crippen molar-refractivity contribution in [1.29, 1.82) is 0 Å². The van der Waals surface area contributed by atoms with Gasteiger partial charge in [0.2, 0.25) is 0 Å². The molecule has 32 heavy (non-hydrogen) atoms. The minimum Gasteiger partial charge on any atom is -0.509 e. The molecule has 176 valence electrons. The van der Waals surface area contributed by atoms with Crippen LogP contribution >= 0.6 is 19.1 Å². The summed E-state index contributed by atoms with van der Waals surface area (Å²) in [6, 6.07) is 4.37. The van der Waals surface area contributed by atoms with Gasteiger partial charge in [-0.05, 0) is 42.4 Å². The quantitative estimate of drug-likeness (QED) is 0.540. The van der Waals surface area contributed by atoms with Gasteiger partial charge in [0.15, 0.2) is 5.84 Å². The van der Waals surface area contributed by atoms with Gasteiger partial charge in [-0.3, -0.25) is 9.36 Å². The number of hydrogen-bond acceptors (Lipinski definition) is 5. The van der Waals surface area contributed by atoms with Crippen molar-refractivity contribution < 1.29 is 19.0 Å². The van der Waals surface area contributed by atoms with Crippen LogP contribution in [0.1, 0.15) is 54.9 Å². The predicted octanol–water partition coefficient (Wildman–Crippen LogP) is 5.52. The van der Waals surface area contributed by atoms with Crippen LogP contribution in [0.4, 0.5) is 5.69 Å². The number of hydrogen-bond donors (Lipinski definition) is 2. The van der Waals surface area contributed by atoms with Crippen LogP contribution in [0.25, 0.3) is 0 Å². The Labute approximate surface area is 195 Å². The molecule has 1 amide bonds. The van der Waals surface area contributed by atoms with E-state index in [4.69, 9.17) is 16.1 Å². The molecule has 2 aliphatic rings. The maximum Gasteiger partial charge on any atom is 0.348 e. The molecular weight excluding hydrogens is 449 g/mol. The van der Waals surface area contributed by atoms with Gasteiger partial charge in [-0.2, -0.15) is 4.76 Å². The van der Waals surface area contributed by atoms with E-state index in [2.05, 4.69) is 30.9 Å². The number of nitrogens with one attached hydrogen (secondary N) is 1. The van der Waals surface area contributed by atoms with E-state index in [0.29, 0.717) is 22.6 Å². The van der Waals surface area contributed by atoms with Crippen LogP contribution in [0.5, 0.6) is 0 Å². The maximum absolute atomic E-state index is 13.7. The standard InChI is InChI=1S/C23H33ClN3O4P/c1-8-31-32(30)16-13-14(24)9-10-15(16)25-20(26-32)17-18(28)19(23(5,6)7)27(21(17)29)12-11-22(2,3)4/h9-10,13,19,28H,8,11-12H2,1-7H3,(H,25,26,30)/t19-,32?/m1/s1. The van der Waals surface area contributed by atoms with E-state index in [-0.39, 0.29) is 35.1 Å². The molecule has 0 spiro atoms. The summed E-state index contributed by atoms with van der Waals surface area (Å²) in [6.07, 6.45) is 0.768. The largest absolute Gasteiger partial charge is 0.509 e. The Morgan fingerprint density at radius 3 is 2.47 bits per heavy atom. The van der Waals surface area contributed by atoms with Crippen molar-refractivity contribution in [2.45, 2.75) is 60.9 Å². The molecule has 0 fully saturated rings. The molecule has 2 N–H and O–H groups in total. The number of aliphatic hydroxyl groups is 1. The molecule has 1 aromatic rings. The summed E-state index contributed by atoms with van der Waals surface area (Å²) < 4.78 is 23.6. The molecule has 1 unspecified atom stereocenters.